The van der Waals surface area contributed by atoms with Crippen molar-refractivity contribution in [3.8, 4) is 0 Å². The zero-order chi connectivity index (χ0) is 14.8. The van der Waals surface area contributed by atoms with Crippen LogP contribution in [-0.2, 0) is 6.54 Å². The minimum Gasteiger partial charge on any atom is -0.310 e. The van der Waals surface area contributed by atoms with Gasteiger partial charge in [0.25, 0.3) is 0 Å². The number of hydrogen-bond donors (Lipinski definition) is 1. The van der Waals surface area contributed by atoms with Crippen molar-refractivity contribution in [3.05, 3.63) is 35.2 Å². The molecule has 114 valence electrons. The van der Waals surface area contributed by atoms with Crippen LogP contribution < -0.4 is 5.32 Å². The first-order valence-electron chi connectivity index (χ1n) is 8.33. The van der Waals surface area contributed by atoms with E-state index in [4.69, 9.17) is 0 Å². The molecule has 1 aliphatic carbocycles. The lowest BCUT2D eigenvalue weighted by Gasteiger charge is -2.38. The van der Waals surface area contributed by atoms with Gasteiger partial charge in [0.05, 0.1) is 0 Å². The standard InChI is InChI=1S/C19H27NS/c1-13(2)16-9-8-14(3)10-18(16)20-11-15-12-21-19-7-5-4-6-17(15)19/h4-7,12-14,16,18,20H,8-11H2,1-3H3. The minimum atomic E-state index is 0.687. The predicted octanol–water partition coefficient (Wildman–Crippen LogP) is 5.45. The molecule has 0 radical (unpaired) electrons. The van der Waals surface area contributed by atoms with Gasteiger partial charge < -0.3 is 5.32 Å². The Morgan fingerprint density at radius 3 is 2.86 bits per heavy atom. The van der Waals surface area contributed by atoms with Crippen molar-refractivity contribution < 1.29 is 0 Å². The molecular formula is C19H27NS. The highest BCUT2D eigenvalue weighted by Crippen LogP contribution is 2.34. The number of benzene rings is 1. The molecule has 0 bridgehead atoms. The van der Waals surface area contributed by atoms with Gasteiger partial charge in [-0.3, -0.25) is 0 Å². The predicted molar refractivity (Wildman–Crippen MR) is 93.8 cm³/mol. The van der Waals surface area contributed by atoms with Crippen LogP contribution in [0.2, 0.25) is 0 Å². The first-order valence-corrected chi connectivity index (χ1v) is 9.21. The summed E-state index contributed by atoms with van der Waals surface area (Å²) in [4.78, 5) is 0. The highest BCUT2D eigenvalue weighted by molar-refractivity contribution is 7.17. The fraction of sp³-hybridized carbons (Fsp3) is 0.579. The quantitative estimate of drug-likeness (QED) is 0.791. The van der Waals surface area contributed by atoms with E-state index in [1.54, 1.807) is 0 Å². The second-order valence-electron chi connectivity index (χ2n) is 7.07. The second-order valence-corrected chi connectivity index (χ2v) is 7.98. The number of fused-ring (bicyclic) bond motifs is 1. The van der Waals surface area contributed by atoms with Crippen LogP contribution in [0, 0.1) is 17.8 Å². The summed E-state index contributed by atoms with van der Waals surface area (Å²) in [5, 5.41) is 7.64. The zero-order valence-electron chi connectivity index (χ0n) is 13.4. The summed E-state index contributed by atoms with van der Waals surface area (Å²) in [6.07, 6.45) is 4.13. The summed E-state index contributed by atoms with van der Waals surface area (Å²) in [5.41, 5.74) is 1.47. The molecule has 0 amide bonds. The monoisotopic (exact) mass is 301 g/mol. The van der Waals surface area contributed by atoms with E-state index in [1.807, 2.05) is 11.3 Å². The molecule has 1 aromatic carbocycles. The smallest absolute Gasteiger partial charge is 0.0346 e. The van der Waals surface area contributed by atoms with E-state index in [1.165, 1.54) is 34.9 Å². The lowest BCUT2D eigenvalue weighted by Crippen LogP contribution is -2.42. The first kappa shape index (κ1) is 15.1. The molecule has 0 spiro atoms. The average Bonchev–Trinajstić information content (AvgIpc) is 2.88. The van der Waals surface area contributed by atoms with E-state index in [0.717, 1.165) is 24.3 Å². The number of nitrogens with one attached hydrogen (secondary N) is 1. The summed E-state index contributed by atoms with van der Waals surface area (Å²) in [6.45, 7) is 8.19. The molecule has 1 N–H and O–H groups in total. The van der Waals surface area contributed by atoms with Crippen molar-refractivity contribution in [1.29, 1.82) is 0 Å². The highest BCUT2D eigenvalue weighted by atomic mass is 32.1. The first-order chi connectivity index (χ1) is 10.1. The molecule has 1 saturated carbocycles. The maximum absolute atomic E-state index is 3.88. The Bertz CT molecular complexity index is 586. The second kappa shape index (κ2) is 6.50. The zero-order valence-corrected chi connectivity index (χ0v) is 14.2. The van der Waals surface area contributed by atoms with E-state index >= 15 is 0 Å². The Kier molecular flexibility index (Phi) is 4.66. The van der Waals surface area contributed by atoms with E-state index in [2.05, 4.69) is 55.7 Å². The minimum absolute atomic E-state index is 0.687. The van der Waals surface area contributed by atoms with Gasteiger partial charge in [0.1, 0.15) is 0 Å². The van der Waals surface area contributed by atoms with Crippen molar-refractivity contribution in [3.63, 3.8) is 0 Å². The normalized spacial score (nSPS) is 26.6. The Morgan fingerprint density at radius 1 is 1.24 bits per heavy atom. The summed E-state index contributed by atoms with van der Waals surface area (Å²) >= 11 is 1.87. The molecule has 1 heterocycles. The molecule has 3 atom stereocenters. The number of thiophene rings is 1. The van der Waals surface area contributed by atoms with Gasteiger partial charge in [-0.2, -0.15) is 0 Å². The topological polar surface area (TPSA) is 12.0 Å². The van der Waals surface area contributed by atoms with Crippen molar-refractivity contribution in [2.45, 2.75) is 52.6 Å². The fourth-order valence-corrected chi connectivity index (χ4v) is 4.81. The van der Waals surface area contributed by atoms with Crippen molar-refractivity contribution in [1.82, 2.24) is 5.32 Å². The highest BCUT2D eigenvalue weighted by Gasteiger charge is 2.30. The molecule has 3 unspecified atom stereocenters. The van der Waals surface area contributed by atoms with Crippen LogP contribution in [0.15, 0.2) is 29.6 Å². The van der Waals surface area contributed by atoms with Gasteiger partial charge >= 0.3 is 0 Å². The summed E-state index contributed by atoms with van der Waals surface area (Å²) in [5.74, 6) is 2.50. The van der Waals surface area contributed by atoms with Crippen LogP contribution in [0.3, 0.4) is 0 Å². The third-order valence-electron chi connectivity index (χ3n) is 5.14. The van der Waals surface area contributed by atoms with Gasteiger partial charge in [-0.15, -0.1) is 11.3 Å². The van der Waals surface area contributed by atoms with Crippen LogP contribution >= 0.6 is 11.3 Å². The van der Waals surface area contributed by atoms with Crippen LogP contribution in [0.4, 0.5) is 0 Å². The maximum atomic E-state index is 3.88. The van der Waals surface area contributed by atoms with E-state index in [-0.39, 0.29) is 0 Å². The molecular weight excluding hydrogens is 274 g/mol. The summed E-state index contributed by atoms with van der Waals surface area (Å²) < 4.78 is 1.41. The van der Waals surface area contributed by atoms with Gasteiger partial charge in [-0.25, -0.2) is 0 Å². The van der Waals surface area contributed by atoms with Gasteiger partial charge in [-0.1, -0.05) is 45.4 Å². The molecule has 1 fully saturated rings. The Balaban J connectivity index is 1.70. The molecule has 1 aromatic heterocycles. The third-order valence-corrected chi connectivity index (χ3v) is 6.15. The van der Waals surface area contributed by atoms with Crippen molar-refractivity contribution >= 4 is 21.4 Å². The Hall–Kier alpha value is -0.860. The molecule has 2 aromatic rings. The Labute approximate surface area is 132 Å². The molecule has 3 rings (SSSR count). The molecule has 2 heteroatoms. The largest absolute Gasteiger partial charge is 0.310 e. The van der Waals surface area contributed by atoms with Crippen LogP contribution in [0.25, 0.3) is 10.1 Å². The van der Waals surface area contributed by atoms with Crippen LogP contribution in [0.5, 0.6) is 0 Å². The molecule has 0 aliphatic heterocycles. The average molecular weight is 301 g/mol. The van der Waals surface area contributed by atoms with Crippen LogP contribution in [0.1, 0.15) is 45.6 Å². The third kappa shape index (κ3) is 3.32. The van der Waals surface area contributed by atoms with E-state index < -0.39 is 0 Å². The lowest BCUT2D eigenvalue weighted by atomic mass is 9.74. The van der Waals surface area contributed by atoms with Gasteiger partial charge in [0.2, 0.25) is 0 Å². The maximum Gasteiger partial charge on any atom is 0.0346 e. The van der Waals surface area contributed by atoms with Crippen molar-refractivity contribution in [2.75, 3.05) is 0 Å². The number of hydrogen-bond acceptors (Lipinski definition) is 2. The van der Waals surface area contributed by atoms with Gasteiger partial charge in [0, 0.05) is 17.3 Å². The van der Waals surface area contributed by atoms with Crippen LogP contribution in [-0.4, -0.2) is 6.04 Å². The van der Waals surface area contributed by atoms with Gasteiger partial charge in [-0.05, 0) is 53.0 Å². The summed E-state index contributed by atoms with van der Waals surface area (Å²) in [7, 11) is 0. The number of rotatable bonds is 4. The summed E-state index contributed by atoms with van der Waals surface area (Å²) in [6, 6.07) is 9.45. The SMILES string of the molecule is CC1CCC(C(C)C)C(NCc2csc3ccccc23)C1. The lowest BCUT2D eigenvalue weighted by molar-refractivity contribution is 0.169. The molecule has 0 saturated heterocycles. The van der Waals surface area contributed by atoms with Crippen molar-refractivity contribution in [2.24, 2.45) is 17.8 Å². The van der Waals surface area contributed by atoms with Gasteiger partial charge in [0.15, 0.2) is 0 Å². The van der Waals surface area contributed by atoms with E-state index in [9.17, 15) is 0 Å². The molecule has 21 heavy (non-hydrogen) atoms. The molecule has 1 nitrogen and oxygen atoms in total. The Morgan fingerprint density at radius 2 is 2.05 bits per heavy atom. The molecule has 1 aliphatic rings. The fourth-order valence-electron chi connectivity index (χ4n) is 3.85. The van der Waals surface area contributed by atoms with E-state index in [0.29, 0.717) is 6.04 Å².